The fourth-order valence-electron chi connectivity index (χ4n) is 5.85. The van der Waals surface area contributed by atoms with Crippen molar-refractivity contribution in [1.29, 1.82) is 0 Å². The Labute approximate surface area is 235 Å². The molecule has 220 valence electrons. The molecule has 4 aliphatic rings. The number of alkyl carbamates (subject to hydrolysis) is 1. The number of nitrogens with one attached hydrogen (secondary N) is 1. The van der Waals surface area contributed by atoms with Crippen molar-refractivity contribution in [2.45, 2.75) is 108 Å². The van der Waals surface area contributed by atoms with Gasteiger partial charge in [0.2, 0.25) is 0 Å². The van der Waals surface area contributed by atoms with E-state index in [1.807, 2.05) is 26.8 Å². The Bertz CT molecular complexity index is 1210. The maximum absolute atomic E-state index is 12.9. The summed E-state index contributed by atoms with van der Waals surface area (Å²) >= 11 is 0. The molecule has 0 aromatic carbocycles. The van der Waals surface area contributed by atoms with Gasteiger partial charge in [0, 0.05) is 31.7 Å². The first-order valence-electron chi connectivity index (χ1n) is 14.7. The van der Waals surface area contributed by atoms with Gasteiger partial charge in [-0.15, -0.1) is 0 Å². The van der Waals surface area contributed by atoms with Crippen molar-refractivity contribution in [3.63, 3.8) is 0 Å². The summed E-state index contributed by atoms with van der Waals surface area (Å²) in [5, 5.41) is 3.07. The molecule has 2 aromatic heterocycles. The van der Waals surface area contributed by atoms with Crippen LogP contribution in [0.5, 0.6) is 5.75 Å². The zero-order chi connectivity index (χ0) is 28.2. The maximum atomic E-state index is 12.9. The highest BCUT2D eigenvalue weighted by atomic mass is 16.7. The normalized spacial score (nSPS) is 26.5. The lowest BCUT2D eigenvalue weighted by atomic mass is 9.70. The third-order valence-electron chi connectivity index (χ3n) is 8.14. The fourth-order valence-corrected chi connectivity index (χ4v) is 5.85. The lowest BCUT2D eigenvalue weighted by Gasteiger charge is -2.53. The number of nitrogens with zero attached hydrogens (tertiary/aromatic N) is 2. The third-order valence-corrected chi connectivity index (χ3v) is 8.14. The molecule has 1 aliphatic carbocycles. The number of aryl methyl sites for hydroxylation is 1. The summed E-state index contributed by atoms with van der Waals surface area (Å²) in [6, 6.07) is 5.21. The van der Waals surface area contributed by atoms with Crippen molar-refractivity contribution >= 4 is 17.1 Å². The van der Waals surface area contributed by atoms with E-state index in [1.54, 1.807) is 22.9 Å². The summed E-state index contributed by atoms with van der Waals surface area (Å²) in [6.07, 6.45) is 9.14. The van der Waals surface area contributed by atoms with Crippen LogP contribution in [0, 0.1) is 0 Å². The zero-order valence-electron chi connectivity index (χ0n) is 24.0. The summed E-state index contributed by atoms with van der Waals surface area (Å²) < 4.78 is 30.9. The number of carbonyl (C=O) groups excluding carboxylic acids is 1. The number of ether oxygens (including phenoxy) is 5. The Morgan fingerprint density at radius 2 is 2.00 bits per heavy atom. The summed E-state index contributed by atoms with van der Waals surface area (Å²) in [7, 11) is 0. The van der Waals surface area contributed by atoms with Crippen molar-refractivity contribution < 1.29 is 28.5 Å². The molecule has 0 radical (unpaired) electrons. The summed E-state index contributed by atoms with van der Waals surface area (Å²) in [5.41, 5.74) is 0.194. The number of rotatable bonds is 10. The van der Waals surface area contributed by atoms with Crippen molar-refractivity contribution in [1.82, 2.24) is 14.9 Å². The van der Waals surface area contributed by atoms with Crippen LogP contribution in [0.25, 0.3) is 11.0 Å². The van der Waals surface area contributed by atoms with Crippen molar-refractivity contribution in [3.8, 4) is 5.75 Å². The van der Waals surface area contributed by atoms with Gasteiger partial charge in [-0.05, 0) is 78.2 Å². The molecular weight excluding hydrogens is 514 g/mol. The van der Waals surface area contributed by atoms with Crippen LogP contribution in [-0.2, 0) is 25.5 Å². The van der Waals surface area contributed by atoms with Crippen LogP contribution in [0.3, 0.4) is 0 Å². The standard InChI is InChI=1S/C30H43N3O7/c1-28(2,3)40-27(35)32-29-10-12-30(13-11-29,39-21-29)14-15-33-24-19-22(20-31-23(24)8-9-25(33)34)36-17-6-18-38-26-7-4-5-16-37-26/h8-9,19-20,26H,4-7,10-18,21H2,1-3H3,(H,32,35). The first-order chi connectivity index (χ1) is 19.1. The lowest BCUT2D eigenvalue weighted by molar-refractivity contribution is -0.165. The minimum Gasteiger partial charge on any atom is -0.492 e. The zero-order valence-corrected chi connectivity index (χ0v) is 24.0. The van der Waals surface area contributed by atoms with Crippen LogP contribution in [0.15, 0.2) is 29.2 Å². The number of hydrogen-bond acceptors (Lipinski definition) is 8. The van der Waals surface area contributed by atoms with Gasteiger partial charge in [0.15, 0.2) is 6.29 Å². The minimum absolute atomic E-state index is 0.0729. The Hall–Kier alpha value is -2.69. The maximum Gasteiger partial charge on any atom is 0.408 e. The van der Waals surface area contributed by atoms with Gasteiger partial charge in [-0.25, -0.2) is 4.79 Å². The van der Waals surface area contributed by atoms with Crippen molar-refractivity contribution in [2.24, 2.45) is 0 Å². The molecule has 6 rings (SSSR count). The minimum atomic E-state index is -0.543. The quantitative estimate of drug-likeness (QED) is 0.419. The predicted octanol–water partition coefficient (Wildman–Crippen LogP) is 4.71. The molecule has 5 heterocycles. The van der Waals surface area contributed by atoms with Crippen molar-refractivity contribution in [3.05, 3.63) is 34.7 Å². The molecule has 1 saturated carbocycles. The van der Waals surface area contributed by atoms with Gasteiger partial charge in [-0.1, -0.05) is 0 Å². The summed E-state index contributed by atoms with van der Waals surface area (Å²) in [6.45, 7) is 8.38. The Balaban J connectivity index is 1.16. The topological polar surface area (TPSA) is 110 Å². The number of aromatic nitrogens is 2. The van der Waals surface area contributed by atoms with Gasteiger partial charge in [0.05, 0.1) is 48.2 Å². The van der Waals surface area contributed by atoms with Crippen LogP contribution in [-0.4, -0.2) is 65.1 Å². The highest BCUT2D eigenvalue weighted by Gasteiger charge is 2.50. The molecule has 40 heavy (non-hydrogen) atoms. The average Bonchev–Trinajstić information content (AvgIpc) is 2.93. The van der Waals surface area contributed by atoms with Gasteiger partial charge < -0.3 is 33.6 Å². The molecule has 3 aliphatic heterocycles. The number of amides is 1. The molecular formula is C30H43N3O7. The van der Waals surface area contributed by atoms with E-state index in [9.17, 15) is 9.59 Å². The second kappa shape index (κ2) is 12.0. The molecule has 1 atom stereocenters. The fraction of sp³-hybridized carbons (Fsp3) is 0.700. The molecule has 1 unspecified atom stereocenters. The van der Waals surface area contributed by atoms with E-state index in [0.717, 1.165) is 69.0 Å². The van der Waals surface area contributed by atoms with E-state index in [0.29, 0.717) is 38.5 Å². The first kappa shape index (κ1) is 28.8. The Kier molecular flexibility index (Phi) is 8.68. The van der Waals surface area contributed by atoms with Crippen LogP contribution in [0.2, 0.25) is 0 Å². The number of pyridine rings is 2. The van der Waals surface area contributed by atoms with Gasteiger partial charge in [0.1, 0.15) is 11.4 Å². The smallest absolute Gasteiger partial charge is 0.408 e. The van der Waals surface area contributed by atoms with E-state index in [-0.39, 0.29) is 23.0 Å². The molecule has 0 spiro atoms. The summed E-state index contributed by atoms with van der Waals surface area (Å²) in [5.74, 6) is 0.628. The number of hydrogen-bond donors (Lipinski definition) is 1. The van der Waals surface area contributed by atoms with E-state index < -0.39 is 11.7 Å². The molecule has 10 heteroatoms. The second-order valence-electron chi connectivity index (χ2n) is 12.4. The van der Waals surface area contributed by atoms with Gasteiger partial charge >= 0.3 is 6.09 Å². The highest BCUT2D eigenvalue weighted by molar-refractivity contribution is 5.75. The molecule has 1 N–H and O–H groups in total. The Morgan fingerprint density at radius 1 is 1.18 bits per heavy atom. The third kappa shape index (κ3) is 7.14. The van der Waals surface area contributed by atoms with Gasteiger partial charge in [0.25, 0.3) is 5.56 Å². The SMILES string of the molecule is CC(C)(C)OC(=O)NC12CCC(CCn3c(=O)ccc4ncc(OCCCOC5CCCCO5)cc43)(CC1)OC2. The number of carbonyl (C=O) groups is 1. The summed E-state index contributed by atoms with van der Waals surface area (Å²) in [4.78, 5) is 29.9. The molecule has 2 aromatic rings. The Morgan fingerprint density at radius 3 is 2.70 bits per heavy atom. The van der Waals surface area contributed by atoms with Gasteiger partial charge in [-0.3, -0.25) is 9.78 Å². The van der Waals surface area contributed by atoms with Crippen LogP contribution in [0.1, 0.15) is 78.6 Å². The van der Waals surface area contributed by atoms with E-state index in [1.165, 1.54) is 0 Å². The van der Waals surface area contributed by atoms with Gasteiger partial charge in [-0.2, -0.15) is 0 Å². The molecule has 2 bridgehead atoms. The van der Waals surface area contributed by atoms with Crippen molar-refractivity contribution in [2.75, 3.05) is 26.4 Å². The molecule has 10 nitrogen and oxygen atoms in total. The average molecular weight is 558 g/mol. The first-order valence-corrected chi connectivity index (χ1v) is 14.7. The van der Waals surface area contributed by atoms with Crippen LogP contribution >= 0.6 is 0 Å². The lowest BCUT2D eigenvalue weighted by Crippen LogP contribution is -2.63. The van der Waals surface area contributed by atoms with Crippen LogP contribution in [0.4, 0.5) is 4.79 Å². The molecule has 4 fully saturated rings. The second-order valence-corrected chi connectivity index (χ2v) is 12.4. The number of fused-ring (bicyclic) bond motifs is 4. The van der Waals surface area contributed by atoms with E-state index in [4.69, 9.17) is 23.7 Å². The monoisotopic (exact) mass is 557 g/mol. The largest absolute Gasteiger partial charge is 0.492 e. The van der Waals surface area contributed by atoms with E-state index in [2.05, 4.69) is 10.3 Å². The van der Waals surface area contributed by atoms with Crippen LogP contribution < -0.4 is 15.6 Å². The highest BCUT2D eigenvalue weighted by Crippen LogP contribution is 2.45. The molecule has 1 amide bonds. The predicted molar refractivity (Wildman–Crippen MR) is 150 cm³/mol. The molecule has 3 saturated heterocycles. The van der Waals surface area contributed by atoms with E-state index >= 15 is 0 Å².